The fraction of sp³-hybridized carbons (Fsp3) is 0.150. The van der Waals surface area contributed by atoms with Gasteiger partial charge in [0.15, 0.2) is 0 Å². The zero-order valence-electron chi connectivity index (χ0n) is 14.5. The number of likely N-dealkylation sites (N-methyl/N-ethyl adjacent to an activating group) is 1. The Labute approximate surface area is 166 Å². The Morgan fingerprint density at radius 1 is 1.22 bits per heavy atom. The lowest BCUT2D eigenvalue weighted by atomic mass is 10.1. The van der Waals surface area contributed by atoms with Crippen LogP contribution in [0.3, 0.4) is 0 Å². The number of nitriles is 1. The van der Waals surface area contributed by atoms with Crippen molar-refractivity contribution in [1.82, 2.24) is 5.32 Å². The number of carbonyl (C=O) groups is 2. The number of benzene rings is 2. The van der Waals surface area contributed by atoms with Gasteiger partial charge in [-0.25, -0.2) is 0 Å². The molecule has 0 radical (unpaired) electrons. The zero-order chi connectivity index (χ0) is 19.4. The maximum Gasteiger partial charge on any atom is 0.264 e. The normalized spacial score (nSPS) is 18.2. The van der Waals surface area contributed by atoms with E-state index in [1.165, 1.54) is 23.7 Å². The van der Waals surface area contributed by atoms with E-state index in [0.717, 1.165) is 5.56 Å². The summed E-state index contributed by atoms with van der Waals surface area (Å²) >= 11 is 7.19. The van der Waals surface area contributed by atoms with Gasteiger partial charge in [0.05, 0.1) is 5.25 Å². The Morgan fingerprint density at radius 2 is 1.89 bits per heavy atom. The van der Waals surface area contributed by atoms with E-state index in [2.05, 4.69) is 5.32 Å². The summed E-state index contributed by atoms with van der Waals surface area (Å²) in [4.78, 5) is 26.7. The molecule has 1 N–H and O–H groups in total. The molecular formula is C20H16ClN3O2S. The first kappa shape index (κ1) is 19.0. The summed E-state index contributed by atoms with van der Waals surface area (Å²) in [6, 6.07) is 18.3. The maximum absolute atomic E-state index is 13.1. The average Bonchev–Trinajstić information content (AvgIpc) is 3.00. The molecule has 1 fully saturated rings. The molecule has 3 rings (SSSR count). The van der Waals surface area contributed by atoms with Gasteiger partial charge in [-0.15, -0.1) is 0 Å². The molecule has 0 aliphatic carbocycles. The van der Waals surface area contributed by atoms with E-state index in [1.54, 1.807) is 24.3 Å². The van der Waals surface area contributed by atoms with E-state index < -0.39 is 11.2 Å². The van der Waals surface area contributed by atoms with Crippen LogP contribution in [-0.4, -0.2) is 24.1 Å². The van der Waals surface area contributed by atoms with Gasteiger partial charge < -0.3 is 5.32 Å². The third kappa shape index (κ3) is 4.00. The number of hydrogen-bond acceptors (Lipinski definition) is 4. The second kappa shape index (κ2) is 8.30. The molecule has 27 heavy (non-hydrogen) atoms. The molecular weight excluding hydrogens is 382 g/mol. The van der Waals surface area contributed by atoms with Crippen LogP contribution in [0.4, 0.5) is 5.69 Å². The highest BCUT2D eigenvalue weighted by atomic mass is 35.5. The highest BCUT2D eigenvalue weighted by Gasteiger charge is 2.40. The highest BCUT2D eigenvalue weighted by Crippen LogP contribution is 2.42. The molecule has 2 aromatic carbocycles. The maximum atomic E-state index is 13.1. The Balaban J connectivity index is 2.04. The second-order valence-electron chi connectivity index (χ2n) is 5.82. The predicted molar refractivity (Wildman–Crippen MR) is 107 cm³/mol. The standard InChI is InChI=1S/C20H16ClN3O2S/c1-23-18(25)16(12-22)20-24(15-9-7-14(21)8-10-15)19(26)17(27-20)11-13-5-3-2-4-6-13/h2-10,17H,11H2,1H3,(H,23,25)/b20-16+/t17-/m0/s1. The molecule has 0 bridgehead atoms. The largest absolute Gasteiger partial charge is 0.354 e. The van der Waals surface area contributed by atoms with E-state index in [-0.39, 0.29) is 11.5 Å². The van der Waals surface area contributed by atoms with E-state index >= 15 is 0 Å². The summed E-state index contributed by atoms with van der Waals surface area (Å²) in [5.74, 6) is -0.690. The first-order valence-corrected chi connectivity index (χ1v) is 9.47. The van der Waals surface area contributed by atoms with Gasteiger partial charge >= 0.3 is 0 Å². The third-order valence-corrected chi connectivity index (χ3v) is 5.60. The Kier molecular flexibility index (Phi) is 5.84. The van der Waals surface area contributed by atoms with Crippen LogP contribution in [0.5, 0.6) is 0 Å². The van der Waals surface area contributed by atoms with Crippen molar-refractivity contribution in [1.29, 1.82) is 5.26 Å². The summed E-state index contributed by atoms with van der Waals surface area (Å²) in [6.07, 6.45) is 0.504. The quantitative estimate of drug-likeness (QED) is 0.632. The minimum Gasteiger partial charge on any atom is -0.354 e. The Bertz CT molecular complexity index is 936. The average molecular weight is 398 g/mol. The van der Waals surface area contributed by atoms with Crippen LogP contribution in [0.2, 0.25) is 5.02 Å². The molecule has 0 aromatic heterocycles. The molecule has 136 valence electrons. The first-order valence-electron chi connectivity index (χ1n) is 8.21. The molecule has 0 unspecified atom stereocenters. The lowest BCUT2D eigenvalue weighted by molar-refractivity contribution is -0.117. The molecule has 0 spiro atoms. The summed E-state index contributed by atoms with van der Waals surface area (Å²) in [6.45, 7) is 0. The van der Waals surface area contributed by atoms with Crippen molar-refractivity contribution >= 4 is 40.9 Å². The van der Waals surface area contributed by atoms with Crippen LogP contribution in [0.1, 0.15) is 5.56 Å². The number of thioether (sulfide) groups is 1. The van der Waals surface area contributed by atoms with Crippen LogP contribution in [-0.2, 0) is 16.0 Å². The van der Waals surface area contributed by atoms with Crippen molar-refractivity contribution in [2.75, 3.05) is 11.9 Å². The van der Waals surface area contributed by atoms with Gasteiger partial charge in [-0.2, -0.15) is 5.26 Å². The van der Waals surface area contributed by atoms with Crippen LogP contribution in [0.25, 0.3) is 0 Å². The number of rotatable bonds is 4. The van der Waals surface area contributed by atoms with Crippen LogP contribution < -0.4 is 10.2 Å². The van der Waals surface area contributed by atoms with Crippen molar-refractivity contribution in [3.63, 3.8) is 0 Å². The summed E-state index contributed by atoms with van der Waals surface area (Å²) in [7, 11) is 1.45. The van der Waals surface area contributed by atoms with Crippen molar-refractivity contribution in [3.05, 3.63) is 75.8 Å². The van der Waals surface area contributed by atoms with Crippen molar-refractivity contribution < 1.29 is 9.59 Å². The van der Waals surface area contributed by atoms with Crippen molar-refractivity contribution in [2.45, 2.75) is 11.7 Å². The number of anilines is 1. The van der Waals surface area contributed by atoms with Gasteiger partial charge in [0.1, 0.15) is 16.7 Å². The van der Waals surface area contributed by atoms with Crippen molar-refractivity contribution in [3.8, 4) is 6.07 Å². The summed E-state index contributed by atoms with van der Waals surface area (Å²) < 4.78 is 0. The third-order valence-electron chi connectivity index (χ3n) is 4.08. The fourth-order valence-corrected chi connectivity index (χ4v) is 4.20. The van der Waals surface area contributed by atoms with Gasteiger partial charge in [0, 0.05) is 17.8 Å². The monoisotopic (exact) mass is 397 g/mol. The lowest BCUT2D eigenvalue weighted by Crippen LogP contribution is -2.31. The lowest BCUT2D eigenvalue weighted by Gasteiger charge is -2.18. The molecule has 1 atom stereocenters. The second-order valence-corrected chi connectivity index (χ2v) is 7.45. The molecule has 1 heterocycles. The SMILES string of the molecule is CNC(=O)/C(C#N)=C1/S[C@@H](Cc2ccccc2)C(=O)N1c1ccc(Cl)cc1. The minimum atomic E-state index is -0.521. The van der Waals surface area contributed by atoms with E-state index in [1.807, 2.05) is 36.4 Å². The Morgan fingerprint density at radius 3 is 2.48 bits per heavy atom. The number of halogens is 1. The summed E-state index contributed by atoms with van der Waals surface area (Å²) in [5.41, 5.74) is 1.50. The van der Waals surface area contributed by atoms with Crippen LogP contribution >= 0.6 is 23.4 Å². The fourth-order valence-electron chi connectivity index (χ4n) is 2.77. The van der Waals surface area contributed by atoms with Gasteiger partial charge in [0.2, 0.25) is 5.91 Å². The zero-order valence-corrected chi connectivity index (χ0v) is 16.1. The first-order chi connectivity index (χ1) is 13.0. The van der Waals surface area contributed by atoms with E-state index in [0.29, 0.717) is 22.2 Å². The van der Waals surface area contributed by atoms with E-state index in [9.17, 15) is 14.9 Å². The van der Waals surface area contributed by atoms with Crippen LogP contribution in [0, 0.1) is 11.3 Å². The van der Waals surface area contributed by atoms with Gasteiger partial charge in [-0.05, 0) is 36.2 Å². The Hall–Kier alpha value is -2.75. The topological polar surface area (TPSA) is 73.2 Å². The van der Waals surface area contributed by atoms with Crippen LogP contribution in [0.15, 0.2) is 65.2 Å². The molecule has 2 amide bonds. The number of nitrogens with zero attached hydrogens (tertiary/aromatic N) is 2. The molecule has 1 aliphatic rings. The molecule has 7 heteroatoms. The molecule has 0 saturated carbocycles. The molecule has 5 nitrogen and oxygen atoms in total. The molecule has 1 aliphatic heterocycles. The smallest absolute Gasteiger partial charge is 0.264 e. The molecule has 2 aromatic rings. The number of carbonyl (C=O) groups excluding carboxylic acids is 2. The highest BCUT2D eigenvalue weighted by molar-refractivity contribution is 8.05. The number of hydrogen-bond donors (Lipinski definition) is 1. The minimum absolute atomic E-state index is 0.0821. The predicted octanol–water partition coefficient (Wildman–Crippen LogP) is 3.51. The number of nitrogens with one attached hydrogen (secondary N) is 1. The number of amides is 2. The summed E-state index contributed by atoms with van der Waals surface area (Å²) in [5, 5.41) is 12.4. The van der Waals surface area contributed by atoms with Crippen molar-refractivity contribution in [2.24, 2.45) is 0 Å². The molecule has 1 saturated heterocycles. The van der Waals surface area contributed by atoms with E-state index in [4.69, 9.17) is 11.6 Å². The van der Waals surface area contributed by atoms with Gasteiger partial charge in [-0.1, -0.05) is 53.7 Å². The van der Waals surface area contributed by atoms with Gasteiger partial charge in [0.25, 0.3) is 5.91 Å². The van der Waals surface area contributed by atoms with Gasteiger partial charge in [-0.3, -0.25) is 14.5 Å².